The summed E-state index contributed by atoms with van der Waals surface area (Å²) in [6.45, 7) is 6.58. The number of hydrogen-bond donors (Lipinski definition) is 15. The summed E-state index contributed by atoms with van der Waals surface area (Å²) >= 11 is 0. The van der Waals surface area contributed by atoms with Crippen molar-refractivity contribution < 1.29 is 169 Å². The van der Waals surface area contributed by atoms with Gasteiger partial charge in [0.1, 0.15) is 67.6 Å². The third-order valence-electron chi connectivity index (χ3n) is 22.5. The number of nitrogens with one attached hydrogen (secondary N) is 8. The Morgan fingerprint density at radius 3 is 1.20 bits per heavy atom. The number of aliphatic hydroxyl groups excluding tert-OH is 1. The van der Waals surface area contributed by atoms with Gasteiger partial charge < -0.3 is 126 Å². The number of alkyl carbamates (subject to hydrolysis) is 1. The molecule has 2 aromatic rings. The zero-order chi connectivity index (χ0) is 105. The van der Waals surface area contributed by atoms with E-state index in [9.17, 15) is 112 Å². The van der Waals surface area contributed by atoms with E-state index in [0.717, 1.165) is 77.0 Å². The Hall–Kier alpha value is -11.1. The van der Waals surface area contributed by atoms with Crippen LogP contribution in [0.25, 0.3) is 0 Å². The summed E-state index contributed by atoms with van der Waals surface area (Å²) in [7, 11) is 0. The molecule has 142 heavy (non-hydrogen) atoms. The third kappa shape index (κ3) is 68.2. The van der Waals surface area contributed by atoms with Crippen LogP contribution in [0.4, 0.5) is 4.79 Å². The number of aromatic carboxylic acids is 2. The molecule has 0 aliphatic carbocycles. The fourth-order valence-corrected chi connectivity index (χ4v) is 14.5. The Kier molecular flexibility index (Phi) is 73.7. The number of amides is 7. The maximum Gasteiger partial charge on any atom is 0.407 e. The van der Waals surface area contributed by atoms with E-state index in [1.807, 2.05) is 6.92 Å². The van der Waals surface area contributed by atoms with Gasteiger partial charge in [-0.3, -0.25) is 57.5 Å². The molecule has 0 saturated carbocycles. The van der Waals surface area contributed by atoms with Crippen LogP contribution in [0.3, 0.4) is 0 Å². The highest BCUT2D eigenvalue weighted by Gasteiger charge is 2.31. The lowest BCUT2D eigenvalue weighted by Gasteiger charge is -2.24. The van der Waals surface area contributed by atoms with Crippen molar-refractivity contribution in [2.24, 2.45) is 17.8 Å². The van der Waals surface area contributed by atoms with Crippen LogP contribution in [-0.4, -0.2) is 318 Å². The summed E-state index contributed by atoms with van der Waals surface area (Å²) in [5.41, 5.74) is 0.370. The quantitative estimate of drug-likeness (QED) is 0.0283. The molecule has 0 heterocycles. The minimum atomic E-state index is -1.44. The standard InChI is InChI=1S/C99H156N8O35/c1-3-100-81(29-17-19-48-104-99(132)142-56-24-53-133-51-23-28-78(111)68-137-62-60-135-57-49-102-86(113)45-42-83(97(128)129)107-89(116)46-43-84(98(130)131)105-87(114)30-15-11-7-5-9-13-21-55-141-80-39-33-73(34-40-80)94(122)123)92(119)71(2)65-74(85(112)67-108)25-16-18-47-101-90(117)69-139-64-61-136-58-50-103-91(118)70-138-63-59-134-52-22-27-76(109)36-41-82(96(126)127)106-88(115)44-35-75(95(124)125)66-77(110)26-14-10-6-4-8-12-20-54-140-79-37-31-72(32-38-79)93(120)121/h31-34,37-40,71,74-75,81-84,100,108H,3-30,35-36,41-70H2,1-2H3,(H,101,117)(H,102,113)(H,103,118)(H,104,132)(H,105,114)(H,106,115)(H,107,116)(H,120,121)(H,122,123)(H,124,125)(H,126,127)(H,128,129)(H,130,131)/t71?,74-,75-,81+,82+,83+,84?/m1/s1. The van der Waals surface area contributed by atoms with Crippen LogP contribution in [-0.2, 0) is 110 Å². The van der Waals surface area contributed by atoms with Crippen LogP contribution in [0.5, 0.6) is 11.5 Å². The average Bonchev–Trinajstić information content (AvgIpc) is 0.878. The van der Waals surface area contributed by atoms with Crippen molar-refractivity contribution in [3.05, 3.63) is 59.7 Å². The van der Waals surface area contributed by atoms with Gasteiger partial charge in [-0.05, 0) is 158 Å². The van der Waals surface area contributed by atoms with Crippen molar-refractivity contribution in [1.82, 2.24) is 42.5 Å². The molecule has 43 nitrogen and oxygen atoms in total. The van der Waals surface area contributed by atoms with E-state index in [0.29, 0.717) is 122 Å². The molecule has 0 aliphatic heterocycles. The van der Waals surface area contributed by atoms with Crippen molar-refractivity contribution in [2.75, 3.05) is 152 Å². The van der Waals surface area contributed by atoms with Crippen LogP contribution in [0.2, 0.25) is 0 Å². The minimum absolute atomic E-state index is 0.0660. The van der Waals surface area contributed by atoms with E-state index in [1.165, 1.54) is 24.3 Å². The molecular weight excluding hydrogens is 1860 g/mol. The van der Waals surface area contributed by atoms with Gasteiger partial charge in [0.2, 0.25) is 35.4 Å². The summed E-state index contributed by atoms with van der Waals surface area (Å²) in [4.78, 5) is 221. The average molecular weight is 2020 g/mol. The molecule has 2 aromatic carbocycles. The van der Waals surface area contributed by atoms with Crippen molar-refractivity contribution >= 4 is 106 Å². The Balaban J connectivity index is 1.42. The lowest BCUT2D eigenvalue weighted by atomic mass is 9.84. The fraction of sp³-hybridized carbons (Fsp3) is 0.697. The number of ether oxygens (including phenoxy) is 10. The van der Waals surface area contributed by atoms with Crippen molar-refractivity contribution in [2.45, 2.75) is 276 Å². The van der Waals surface area contributed by atoms with E-state index < -0.39 is 126 Å². The van der Waals surface area contributed by atoms with Gasteiger partial charge in [-0.15, -0.1) is 0 Å². The van der Waals surface area contributed by atoms with Gasteiger partial charge in [0.25, 0.3) is 0 Å². The van der Waals surface area contributed by atoms with Gasteiger partial charge in [-0.25, -0.2) is 28.8 Å². The second kappa shape index (κ2) is 82.4. The number of ketones is 5. The Morgan fingerprint density at radius 2 is 0.711 bits per heavy atom. The monoisotopic (exact) mass is 2020 g/mol. The molecule has 15 N–H and O–H groups in total. The molecule has 0 saturated heterocycles. The van der Waals surface area contributed by atoms with Gasteiger partial charge >= 0.3 is 41.9 Å². The Bertz CT molecular complexity index is 4010. The van der Waals surface area contributed by atoms with Gasteiger partial charge in [-0.2, -0.15) is 0 Å². The first-order valence-corrected chi connectivity index (χ1v) is 49.7. The number of carbonyl (C=O) groups is 18. The van der Waals surface area contributed by atoms with Gasteiger partial charge in [0.05, 0.1) is 95.8 Å². The number of likely N-dealkylation sites (N-methyl/N-ethyl adjacent to an activating group) is 1. The van der Waals surface area contributed by atoms with E-state index in [-0.39, 0.29) is 235 Å². The Morgan fingerprint density at radius 1 is 0.310 bits per heavy atom. The number of benzene rings is 2. The first kappa shape index (κ1) is 127. The van der Waals surface area contributed by atoms with E-state index in [4.69, 9.17) is 57.6 Å². The Labute approximate surface area is 830 Å². The smallest absolute Gasteiger partial charge is 0.407 e. The molecule has 0 aliphatic rings. The van der Waals surface area contributed by atoms with Gasteiger partial charge in [0.15, 0.2) is 17.3 Å². The number of rotatable bonds is 96. The van der Waals surface area contributed by atoms with Crippen molar-refractivity contribution in [1.29, 1.82) is 0 Å². The molecule has 2 rings (SSSR count). The summed E-state index contributed by atoms with van der Waals surface area (Å²) < 4.78 is 54.6. The van der Waals surface area contributed by atoms with Crippen LogP contribution < -0.4 is 52.0 Å². The molecular formula is C99H156N8O35. The second-order valence-corrected chi connectivity index (χ2v) is 34.4. The highest BCUT2D eigenvalue weighted by atomic mass is 16.6. The van der Waals surface area contributed by atoms with Crippen LogP contribution in [0, 0.1) is 17.8 Å². The van der Waals surface area contributed by atoms with E-state index >= 15 is 0 Å². The zero-order valence-corrected chi connectivity index (χ0v) is 82.6. The molecule has 0 bridgehead atoms. The predicted octanol–water partition coefficient (Wildman–Crippen LogP) is 7.64. The van der Waals surface area contributed by atoms with Crippen molar-refractivity contribution in [3.8, 4) is 11.5 Å². The largest absolute Gasteiger partial charge is 0.494 e. The molecule has 43 heteroatoms. The highest BCUT2D eigenvalue weighted by Crippen LogP contribution is 2.24. The summed E-state index contributed by atoms with van der Waals surface area (Å²) in [6.07, 6.45) is 14.1. The van der Waals surface area contributed by atoms with E-state index in [2.05, 4.69) is 42.5 Å². The summed E-state index contributed by atoms with van der Waals surface area (Å²) in [5, 5.41) is 87.5. The molecule has 0 spiro atoms. The summed E-state index contributed by atoms with van der Waals surface area (Å²) in [5.74, 6) is -12.6. The number of aliphatic hydroxyl groups is 1. The molecule has 7 atom stereocenters. The maximum absolute atomic E-state index is 13.7. The molecule has 2 unspecified atom stereocenters. The van der Waals surface area contributed by atoms with Crippen LogP contribution >= 0.6 is 0 Å². The van der Waals surface area contributed by atoms with Gasteiger partial charge in [0, 0.05) is 122 Å². The number of Topliss-reactive ketones (excluding diaryl/α,β-unsaturated/α-hetero) is 5. The zero-order valence-electron chi connectivity index (χ0n) is 82.6. The number of carboxylic acid groups (broad SMARTS) is 6. The molecule has 0 aromatic heterocycles. The first-order chi connectivity index (χ1) is 68.3. The third-order valence-corrected chi connectivity index (χ3v) is 22.5. The number of aliphatic carboxylic acids is 4. The second-order valence-electron chi connectivity index (χ2n) is 34.4. The fourth-order valence-electron chi connectivity index (χ4n) is 14.5. The normalized spacial score (nSPS) is 12.6. The van der Waals surface area contributed by atoms with Crippen LogP contribution in [0.1, 0.15) is 272 Å². The molecule has 0 radical (unpaired) electrons. The first-order valence-electron chi connectivity index (χ1n) is 49.7. The summed E-state index contributed by atoms with van der Waals surface area (Å²) in [6, 6.07) is 7.72. The topological polar surface area (TPSA) is 637 Å². The maximum atomic E-state index is 13.7. The van der Waals surface area contributed by atoms with Crippen LogP contribution in [0.15, 0.2) is 48.5 Å². The number of hydrogen-bond acceptors (Lipinski definition) is 30. The molecule has 802 valence electrons. The van der Waals surface area contributed by atoms with Crippen molar-refractivity contribution in [3.63, 3.8) is 0 Å². The number of carboxylic acids is 6. The SMILES string of the molecule is CCN[C@@H](CCCCNC(=O)OCCCOCCCC(=O)COCCOCCNC(=O)CC[C@H](NC(=O)CCC(NC(=O)CCCCCCCCCOc1ccc(C(=O)O)cc1)C(=O)O)C(=O)O)C(=O)C(C)C[C@@H](CCCCNC(=O)COCCOCCNC(=O)COCCOCCCC(=O)CC[C@H](NC(=O)CC[C@H](CC(=O)CCCCCCCCCOc1ccc(C(=O)O)cc1)C(=O)O)C(=O)O)C(=O)CO. The molecule has 7 amide bonds. The lowest BCUT2D eigenvalue weighted by Crippen LogP contribution is -2.44. The predicted molar refractivity (Wildman–Crippen MR) is 515 cm³/mol. The number of carbonyl (C=O) groups excluding carboxylic acids is 12. The molecule has 0 fully saturated rings. The minimum Gasteiger partial charge on any atom is -0.494 e. The van der Waals surface area contributed by atoms with E-state index in [1.54, 1.807) is 31.2 Å². The lowest BCUT2D eigenvalue weighted by molar-refractivity contribution is -0.145. The highest BCUT2D eigenvalue weighted by molar-refractivity contribution is 5.91. The van der Waals surface area contributed by atoms with Gasteiger partial charge in [-0.1, -0.05) is 84.5 Å². The number of unbranched alkanes of at least 4 members (excludes halogenated alkanes) is 14.